The van der Waals surface area contributed by atoms with Crippen LogP contribution < -0.4 is 16.0 Å². The Morgan fingerprint density at radius 1 is 0.978 bits per heavy atom. The van der Waals surface area contributed by atoms with Crippen LogP contribution in [0.25, 0.3) is 0 Å². The van der Waals surface area contributed by atoms with Gasteiger partial charge in [0, 0.05) is 44.7 Å². The molecule has 1 saturated heterocycles. The van der Waals surface area contributed by atoms with E-state index < -0.39 is 41.3 Å². The molecular weight excluding hydrogens is 594 g/mol. The first-order valence-corrected chi connectivity index (χ1v) is 17.0. The van der Waals surface area contributed by atoms with Crippen molar-refractivity contribution in [2.75, 3.05) is 39.0 Å². The summed E-state index contributed by atoms with van der Waals surface area (Å²) in [6.07, 6.45) is 5.98. The van der Waals surface area contributed by atoms with Crippen molar-refractivity contribution in [1.82, 2.24) is 25.3 Å². The van der Waals surface area contributed by atoms with Crippen molar-refractivity contribution in [3.05, 3.63) is 29.6 Å². The molecule has 4 atom stereocenters. The van der Waals surface area contributed by atoms with E-state index in [1.807, 2.05) is 7.05 Å². The largest absolute Gasteiger partial charge is 0.341 e. The Balaban J connectivity index is 1.19. The molecule has 5 fully saturated rings. The first kappa shape index (κ1) is 32.7. The Kier molecular flexibility index (Phi) is 9.04. The predicted octanol–water partition coefficient (Wildman–Crippen LogP) is 3.63. The lowest BCUT2D eigenvalue weighted by molar-refractivity contribution is -0.136. The molecule has 4 saturated carbocycles. The van der Waals surface area contributed by atoms with Crippen LogP contribution in [0.15, 0.2) is 18.2 Å². The Labute approximate surface area is 270 Å². The van der Waals surface area contributed by atoms with Crippen molar-refractivity contribution < 1.29 is 28.0 Å². The molecule has 1 aromatic rings. The molecule has 252 valence electrons. The number of likely N-dealkylation sites (N-methyl/N-ethyl adjacent to an activating group) is 1. The van der Waals surface area contributed by atoms with Gasteiger partial charge in [-0.05, 0) is 101 Å². The molecule has 4 aliphatic carbocycles. The number of carbonyl (C=O) groups excluding carboxylic acids is 4. The molecule has 0 spiro atoms. The quantitative estimate of drug-likeness (QED) is 0.323. The van der Waals surface area contributed by atoms with Gasteiger partial charge in [0.15, 0.2) is 5.67 Å². The number of hydrogen-bond acceptors (Lipinski definition) is 5. The van der Waals surface area contributed by atoms with Gasteiger partial charge in [-0.15, -0.1) is 0 Å². The highest BCUT2D eigenvalue weighted by Crippen LogP contribution is 2.51. The van der Waals surface area contributed by atoms with E-state index in [0.29, 0.717) is 37.0 Å². The first-order valence-electron chi connectivity index (χ1n) is 17.0. The van der Waals surface area contributed by atoms with Crippen molar-refractivity contribution in [2.24, 2.45) is 17.8 Å². The molecule has 0 aromatic heterocycles. The molecule has 12 heteroatoms. The fraction of sp³-hybridized carbons (Fsp3) is 0.706. The van der Waals surface area contributed by atoms with Gasteiger partial charge < -0.3 is 30.7 Å². The summed E-state index contributed by atoms with van der Waals surface area (Å²) < 4.78 is 30.3. The Morgan fingerprint density at radius 3 is 2.17 bits per heavy atom. The van der Waals surface area contributed by atoms with Gasteiger partial charge in [-0.3, -0.25) is 14.4 Å². The number of urea groups is 1. The molecule has 0 unspecified atom stereocenters. The molecule has 5 amide bonds. The molecule has 1 heterocycles. The lowest BCUT2D eigenvalue weighted by Crippen LogP contribution is -2.59. The number of amides is 5. The van der Waals surface area contributed by atoms with Crippen LogP contribution in [0.4, 0.5) is 19.3 Å². The molecule has 10 nitrogen and oxygen atoms in total. The van der Waals surface area contributed by atoms with Gasteiger partial charge in [0.25, 0.3) is 5.91 Å². The van der Waals surface area contributed by atoms with Gasteiger partial charge in [0.1, 0.15) is 17.9 Å². The molecule has 1 aromatic carbocycles. The second-order valence-corrected chi connectivity index (χ2v) is 14.6. The van der Waals surface area contributed by atoms with E-state index in [9.17, 15) is 23.6 Å². The third-order valence-corrected chi connectivity index (χ3v) is 10.9. The molecule has 5 aliphatic rings. The van der Waals surface area contributed by atoms with Crippen molar-refractivity contribution in [3.63, 3.8) is 0 Å². The summed E-state index contributed by atoms with van der Waals surface area (Å²) in [6.45, 7) is 5.60. The average molecular weight is 643 g/mol. The summed E-state index contributed by atoms with van der Waals surface area (Å²) in [5, 5.41) is 8.31. The van der Waals surface area contributed by atoms with Crippen LogP contribution in [-0.2, 0) is 14.4 Å². The third kappa shape index (κ3) is 7.16. The number of nitrogens with one attached hydrogen (secondary N) is 3. The van der Waals surface area contributed by atoms with Gasteiger partial charge in [-0.1, -0.05) is 13.0 Å². The number of nitrogens with zero attached hydrogens (tertiary/aromatic N) is 3. The van der Waals surface area contributed by atoms with Gasteiger partial charge in [0.05, 0.1) is 5.69 Å². The number of hydrogen-bond donors (Lipinski definition) is 3. The molecule has 3 N–H and O–H groups in total. The highest BCUT2D eigenvalue weighted by atomic mass is 19.1. The van der Waals surface area contributed by atoms with Gasteiger partial charge in [0.2, 0.25) is 11.8 Å². The van der Waals surface area contributed by atoms with Crippen LogP contribution in [0.5, 0.6) is 0 Å². The monoisotopic (exact) mass is 642 g/mol. The average Bonchev–Trinajstić information content (AvgIpc) is 3.84. The first-order chi connectivity index (χ1) is 21.9. The number of piperazine rings is 1. The summed E-state index contributed by atoms with van der Waals surface area (Å²) >= 11 is 0. The summed E-state index contributed by atoms with van der Waals surface area (Å²) in [6, 6.07) is 2.51. The zero-order chi connectivity index (χ0) is 32.9. The van der Waals surface area contributed by atoms with Gasteiger partial charge >= 0.3 is 6.03 Å². The second-order valence-electron chi connectivity index (χ2n) is 14.6. The van der Waals surface area contributed by atoms with E-state index in [2.05, 4.69) is 27.8 Å². The van der Waals surface area contributed by atoms with Gasteiger partial charge in [-0.25, -0.2) is 13.6 Å². The van der Waals surface area contributed by atoms with Crippen molar-refractivity contribution in [3.8, 4) is 0 Å². The predicted molar refractivity (Wildman–Crippen MR) is 169 cm³/mol. The van der Waals surface area contributed by atoms with Crippen LogP contribution in [0.3, 0.4) is 0 Å². The third-order valence-electron chi connectivity index (χ3n) is 10.9. The van der Waals surface area contributed by atoms with Crippen LogP contribution in [0, 0.1) is 23.6 Å². The fourth-order valence-corrected chi connectivity index (χ4v) is 6.86. The number of benzene rings is 1. The summed E-state index contributed by atoms with van der Waals surface area (Å²) in [5.74, 6) is -2.31. The number of rotatable bonds is 12. The van der Waals surface area contributed by atoms with E-state index in [1.165, 1.54) is 12.1 Å². The van der Waals surface area contributed by atoms with E-state index in [-0.39, 0.29) is 48.5 Å². The van der Waals surface area contributed by atoms with Crippen molar-refractivity contribution in [2.45, 2.75) is 101 Å². The normalized spacial score (nSPS) is 24.5. The lowest BCUT2D eigenvalue weighted by Gasteiger charge is -2.40. The number of halogens is 2. The molecule has 6 rings (SSSR count). The molecular formula is C34H48F2N6O4. The molecule has 1 aliphatic heterocycles. The zero-order valence-corrected chi connectivity index (χ0v) is 27.4. The Hall–Kier alpha value is -3.28. The molecule has 0 bridgehead atoms. The Morgan fingerprint density at radius 2 is 1.63 bits per heavy atom. The minimum Gasteiger partial charge on any atom is -0.341 e. The molecule has 0 radical (unpaired) electrons. The smallest absolute Gasteiger partial charge is 0.318 e. The van der Waals surface area contributed by atoms with Crippen molar-refractivity contribution >= 4 is 29.4 Å². The SMILES string of the molecule is C[C@@H]1CN(C(=O)[C@H](NC(=O)N(C)C2CC2)[C@@H](C)c2ccc(NC(=O)[C@@H](NC(=O)C3(F)CC3)C(C3CC3)C3CC3)c(F)c2)CCN1C. The standard InChI is InChI=1S/C34H48F2N6O4/c1-19-18-42(16-15-40(19)3)31(44)28(39-33(46)41(4)24-10-11-24)20(2)23-9-12-26(25(35)17-23)37-30(43)29(38-32(45)34(36)13-14-34)27(21-5-6-21)22-7-8-22/h9,12,17,19-22,24,27-29H,5-8,10-11,13-16,18H2,1-4H3,(H,37,43)(H,38,45)(H,39,46)/t19-,20+,28-,29+/m1/s1. The van der Waals surface area contributed by atoms with Crippen molar-refractivity contribution in [1.29, 1.82) is 0 Å². The number of alkyl halides is 1. The van der Waals surface area contributed by atoms with Crippen LogP contribution in [-0.4, -0.2) is 102 Å². The summed E-state index contributed by atoms with van der Waals surface area (Å²) in [4.78, 5) is 58.9. The minimum absolute atomic E-state index is 0.0554. The van der Waals surface area contributed by atoms with E-state index >= 15 is 4.39 Å². The number of anilines is 1. The van der Waals surface area contributed by atoms with Crippen LogP contribution in [0.1, 0.15) is 76.7 Å². The zero-order valence-electron chi connectivity index (χ0n) is 27.4. The highest BCUT2D eigenvalue weighted by Gasteiger charge is 2.54. The maximum Gasteiger partial charge on any atom is 0.318 e. The van der Waals surface area contributed by atoms with E-state index in [4.69, 9.17) is 0 Å². The Bertz CT molecular complexity index is 1350. The van der Waals surface area contributed by atoms with Crippen LogP contribution >= 0.6 is 0 Å². The maximum absolute atomic E-state index is 15.7. The molecule has 46 heavy (non-hydrogen) atoms. The minimum atomic E-state index is -1.92. The van der Waals surface area contributed by atoms with E-state index in [1.54, 1.807) is 29.8 Å². The van der Waals surface area contributed by atoms with Crippen LogP contribution in [0.2, 0.25) is 0 Å². The highest BCUT2D eigenvalue weighted by molar-refractivity contribution is 5.99. The summed E-state index contributed by atoms with van der Waals surface area (Å²) in [5.41, 5.74) is -1.48. The summed E-state index contributed by atoms with van der Waals surface area (Å²) in [7, 11) is 3.74. The second kappa shape index (κ2) is 12.7. The lowest BCUT2D eigenvalue weighted by atomic mass is 9.88. The van der Waals surface area contributed by atoms with E-state index in [0.717, 1.165) is 38.5 Å². The topological polar surface area (TPSA) is 114 Å². The fourth-order valence-electron chi connectivity index (χ4n) is 6.86. The maximum atomic E-state index is 15.7. The number of carbonyl (C=O) groups is 4. The van der Waals surface area contributed by atoms with Gasteiger partial charge in [-0.2, -0.15) is 0 Å².